The Hall–Kier alpha value is -3.75. The highest BCUT2D eigenvalue weighted by molar-refractivity contribution is 7.13. The first-order valence-corrected chi connectivity index (χ1v) is 16.2. The van der Waals surface area contributed by atoms with Crippen LogP contribution >= 0.6 is 11.3 Å². The molecule has 1 aliphatic carbocycles. The average molecular weight is 679 g/mol. The number of hydrogen-bond acceptors (Lipinski definition) is 9. The molecule has 0 spiro atoms. The van der Waals surface area contributed by atoms with Crippen molar-refractivity contribution in [3.8, 4) is 11.6 Å². The van der Waals surface area contributed by atoms with Crippen molar-refractivity contribution in [1.82, 2.24) is 9.97 Å². The first-order chi connectivity index (χ1) is 22.3. The Morgan fingerprint density at radius 1 is 1.06 bits per heavy atom. The quantitative estimate of drug-likeness (QED) is 0.199. The van der Waals surface area contributed by atoms with Crippen LogP contribution in [0.25, 0.3) is 0 Å². The van der Waals surface area contributed by atoms with Crippen LogP contribution in [0.3, 0.4) is 0 Å². The molecule has 2 aromatic heterocycles. The van der Waals surface area contributed by atoms with Crippen LogP contribution in [0.15, 0.2) is 35.8 Å². The van der Waals surface area contributed by atoms with Gasteiger partial charge in [-0.15, -0.1) is 11.3 Å². The van der Waals surface area contributed by atoms with E-state index in [2.05, 4.69) is 16.9 Å². The first kappa shape index (κ1) is 36.1. The number of carboxylic acid groups (broad SMARTS) is 1. The van der Waals surface area contributed by atoms with E-state index in [1.54, 1.807) is 0 Å². The molecule has 3 aromatic rings. The Kier molecular flexibility index (Phi) is 12.2. The highest BCUT2D eigenvalue weighted by Crippen LogP contribution is 2.39. The number of pyridine rings is 1. The van der Waals surface area contributed by atoms with Crippen LogP contribution in [0.4, 0.5) is 24.0 Å². The van der Waals surface area contributed by atoms with Crippen LogP contribution in [-0.2, 0) is 33.3 Å². The van der Waals surface area contributed by atoms with Gasteiger partial charge < -0.3 is 29.1 Å². The van der Waals surface area contributed by atoms with Gasteiger partial charge in [0, 0.05) is 45.8 Å². The van der Waals surface area contributed by atoms with E-state index in [4.69, 9.17) is 14.2 Å². The molecule has 0 aliphatic heterocycles. The minimum Gasteiger partial charge on any atom is -0.478 e. The Morgan fingerprint density at radius 2 is 1.74 bits per heavy atom. The van der Waals surface area contributed by atoms with Crippen molar-refractivity contribution in [2.75, 3.05) is 51.3 Å². The van der Waals surface area contributed by atoms with Crippen molar-refractivity contribution in [3.63, 3.8) is 0 Å². The number of anilines is 2. The fourth-order valence-electron chi connectivity index (χ4n) is 5.66. The molecule has 0 unspecified atom stereocenters. The minimum atomic E-state index is -4.79. The van der Waals surface area contributed by atoms with Crippen molar-refractivity contribution in [2.45, 2.75) is 57.7 Å². The topological polar surface area (TPSA) is 114 Å². The van der Waals surface area contributed by atoms with Gasteiger partial charge in [0.1, 0.15) is 11.3 Å². The summed E-state index contributed by atoms with van der Waals surface area (Å²) in [6, 6.07) is 4.16. The van der Waals surface area contributed by atoms with Gasteiger partial charge in [-0.25, -0.2) is 14.8 Å². The summed E-state index contributed by atoms with van der Waals surface area (Å²) in [5.41, 5.74) is -0.224. The number of halogens is 3. The van der Waals surface area contributed by atoms with Crippen LogP contribution in [0.2, 0.25) is 0 Å². The number of aromatic carboxylic acids is 1. The van der Waals surface area contributed by atoms with Crippen LogP contribution in [-0.4, -0.2) is 74.5 Å². The molecule has 1 saturated carbocycles. The van der Waals surface area contributed by atoms with Gasteiger partial charge in [-0.1, -0.05) is 6.92 Å². The smallest absolute Gasteiger partial charge is 0.421 e. The lowest BCUT2D eigenvalue weighted by atomic mass is 9.82. The zero-order valence-corrected chi connectivity index (χ0v) is 28.0. The largest absolute Gasteiger partial charge is 0.478 e. The predicted molar refractivity (Wildman–Crippen MR) is 173 cm³/mol. The average Bonchev–Trinajstić information content (AvgIpc) is 3.51. The maximum absolute atomic E-state index is 14.2. The van der Waals surface area contributed by atoms with Gasteiger partial charge >= 0.3 is 12.1 Å². The fraction of sp³-hybridized carbons (Fsp3) is 0.515. The second kappa shape index (κ2) is 15.9. The Labute approximate surface area is 276 Å². The summed E-state index contributed by atoms with van der Waals surface area (Å²) >= 11 is 1.45. The van der Waals surface area contributed by atoms with Crippen molar-refractivity contribution >= 4 is 34.0 Å². The second-order valence-electron chi connectivity index (χ2n) is 12.0. The number of carbonyl (C=O) groups excluding carboxylic acids is 1. The molecule has 0 radical (unpaired) electrons. The van der Waals surface area contributed by atoms with Gasteiger partial charge in [0.2, 0.25) is 11.8 Å². The molecule has 1 amide bonds. The second-order valence-corrected chi connectivity index (χ2v) is 12.9. The molecule has 1 N–H and O–H groups in total. The predicted octanol–water partition coefficient (Wildman–Crippen LogP) is 6.72. The molecule has 4 rings (SSSR count). The van der Waals surface area contributed by atoms with Crippen molar-refractivity contribution in [3.05, 3.63) is 58.2 Å². The number of benzene rings is 1. The van der Waals surface area contributed by atoms with E-state index in [1.165, 1.54) is 48.8 Å². The lowest BCUT2D eigenvalue weighted by Gasteiger charge is -2.36. The van der Waals surface area contributed by atoms with Crippen molar-refractivity contribution in [2.24, 2.45) is 11.8 Å². The number of aromatic nitrogens is 2. The van der Waals surface area contributed by atoms with Gasteiger partial charge in [-0.3, -0.25) is 4.79 Å². The summed E-state index contributed by atoms with van der Waals surface area (Å²) in [5, 5.41) is 12.9. The molecule has 0 bridgehead atoms. The third kappa shape index (κ3) is 9.20. The maximum atomic E-state index is 14.2. The highest BCUT2D eigenvalue weighted by atomic mass is 32.1. The van der Waals surface area contributed by atoms with Crippen LogP contribution < -0.4 is 14.5 Å². The monoisotopic (exact) mass is 678 g/mol. The van der Waals surface area contributed by atoms with Gasteiger partial charge in [0.25, 0.3) is 0 Å². The number of amides is 1. The number of carboxylic acids is 1. The summed E-state index contributed by atoms with van der Waals surface area (Å²) in [6.07, 6.45) is 0.289. The number of alkyl halides is 3. The first-order valence-electron chi connectivity index (χ1n) is 15.4. The third-order valence-corrected chi connectivity index (χ3v) is 9.22. The summed E-state index contributed by atoms with van der Waals surface area (Å²) in [4.78, 5) is 38.2. The SMILES string of the molecule is COCC(COC)N(c1ccc(Oc2ncc(CCc3csc(N(C)C)n3)cc2C(F)(F)F)cc1C(=O)O)C(=O)[C@H]1CC[C@H](C)CC1. The van der Waals surface area contributed by atoms with Crippen molar-refractivity contribution < 1.29 is 42.1 Å². The molecule has 256 valence electrons. The van der Waals surface area contributed by atoms with E-state index in [-0.39, 0.29) is 48.5 Å². The van der Waals surface area contributed by atoms with Gasteiger partial charge in [-0.05, 0) is 74.3 Å². The van der Waals surface area contributed by atoms with E-state index in [0.29, 0.717) is 30.7 Å². The van der Waals surface area contributed by atoms with Gasteiger partial charge in [0.05, 0.1) is 36.2 Å². The Balaban J connectivity index is 1.65. The van der Waals surface area contributed by atoms with E-state index < -0.39 is 29.6 Å². The Morgan fingerprint density at radius 3 is 2.32 bits per heavy atom. The normalized spacial score (nSPS) is 16.7. The molecule has 2 heterocycles. The number of ether oxygens (including phenoxy) is 3. The molecule has 10 nitrogen and oxygen atoms in total. The number of methoxy groups -OCH3 is 2. The number of rotatable bonds is 14. The van der Waals surface area contributed by atoms with Crippen molar-refractivity contribution in [1.29, 1.82) is 0 Å². The molecule has 14 heteroatoms. The molecule has 0 saturated heterocycles. The summed E-state index contributed by atoms with van der Waals surface area (Å²) in [7, 11) is 6.67. The summed E-state index contributed by atoms with van der Waals surface area (Å²) in [5.74, 6) is -2.35. The van der Waals surface area contributed by atoms with E-state index >= 15 is 0 Å². The lowest BCUT2D eigenvalue weighted by Crippen LogP contribution is -2.49. The molecular formula is C33H41F3N4O6S. The van der Waals surface area contributed by atoms with Crippen LogP contribution in [0.1, 0.15) is 59.8 Å². The molecule has 47 heavy (non-hydrogen) atoms. The summed E-state index contributed by atoms with van der Waals surface area (Å²) < 4.78 is 58.9. The zero-order valence-electron chi connectivity index (χ0n) is 27.2. The fourth-order valence-corrected chi connectivity index (χ4v) is 6.45. The minimum absolute atomic E-state index is 0.0739. The zero-order chi connectivity index (χ0) is 34.3. The molecule has 1 fully saturated rings. The number of hydrogen-bond donors (Lipinski definition) is 1. The number of aryl methyl sites for hydroxylation is 2. The summed E-state index contributed by atoms with van der Waals surface area (Å²) in [6.45, 7) is 2.28. The van der Waals surface area contributed by atoms with Gasteiger partial charge in [-0.2, -0.15) is 13.2 Å². The third-order valence-electron chi connectivity index (χ3n) is 8.16. The highest BCUT2D eigenvalue weighted by Gasteiger charge is 2.37. The molecular weight excluding hydrogens is 637 g/mol. The number of carbonyl (C=O) groups is 2. The molecule has 1 aliphatic rings. The van der Waals surface area contributed by atoms with E-state index in [1.807, 2.05) is 24.4 Å². The lowest BCUT2D eigenvalue weighted by molar-refractivity contribution is -0.139. The van der Waals surface area contributed by atoms with E-state index in [9.17, 15) is 27.9 Å². The molecule has 0 atom stereocenters. The number of nitrogens with zero attached hydrogens (tertiary/aromatic N) is 4. The maximum Gasteiger partial charge on any atom is 0.421 e. The number of thiazole rings is 1. The van der Waals surface area contributed by atoms with Gasteiger partial charge in [0.15, 0.2) is 5.13 Å². The Bertz CT molecular complexity index is 1520. The van der Waals surface area contributed by atoms with Crippen LogP contribution in [0.5, 0.6) is 11.6 Å². The van der Waals surface area contributed by atoms with Crippen LogP contribution in [0, 0.1) is 11.8 Å². The van der Waals surface area contributed by atoms with E-state index in [0.717, 1.165) is 35.8 Å². The standard InChI is InChI=1S/C33H41F3N4O6S/c1-20-6-9-22(10-7-20)30(41)40(24(17-44-4)18-45-5)28-13-12-25(15-26(28)31(42)43)46-29-27(33(34,35)36)14-21(16-37-29)8-11-23-19-47-32(38-23)39(2)3/h12-16,19-20,22,24H,6-11,17-18H2,1-5H3,(H,42,43)/t20-,22-. The molecule has 1 aromatic carbocycles.